The highest BCUT2D eigenvalue weighted by molar-refractivity contribution is 5.75. The van der Waals surface area contributed by atoms with Crippen LogP contribution in [-0.4, -0.2) is 34.2 Å². The molecule has 0 aromatic heterocycles. The number of aryl methyl sites for hydroxylation is 1. The maximum atomic E-state index is 13.6. The number of urea groups is 1. The van der Waals surface area contributed by atoms with Crippen molar-refractivity contribution in [2.75, 3.05) is 6.54 Å². The Morgan fingerprint density at radius 3 is 2.77 bits per heavy atom. The van der Waals surface area contributed by atoms with Crippen molar-refractivity contribution < 1.29 is 14.3 Å². The van der Waals surface area contributed by atoms with Crippen LogP contribution in [0.5, 0.6) is 0 Å². The van der Waals surface area contributed by atoms with Gasteiger partial charge in [0.1, 0.15) is 5.82 Å². The SMILES string of the molecule is Cc1ccc([C@@H](C)NC(=O)N2CCC[C@H]2C(C)(C)O)cc1F. The van der Waals surface area contributed by atoms with Crippen molar-refractivity contribution in [3.63, 3.8) is 0 Å². The van der Waals surface area contributed by atoms with Crippen LogP contribution in [0.2, 0.25) is 0 Å². The van der Waals surface area contributed by atoms with Crippen LogP contribution in [0, 0.1) is 12.7 Å². The Hall–Kier alpha value is -1.62. The second-order valence-corrected chi connectivity index (χ2v) is 6.68. The fourth-order valence-electron chi connectivity index (χ4n) is 2.97. The van der Waals surface area contributed by atoms with E-state index in [0.717, 1.165) is 18.4 Å². The summed E-state index contributed by atoms with van der Waals surface area (Å²) in [4.78, 5) is 14.1. The van der Waals surface area contributed by atoms with Gasteiger partial charge in [-0.1, -0.05) is 12.1 Å². The van der Waals surface area contributed by atoms with Crippen molar-refractivity contribution >= 4 is 6.03 Å². The van der Waals surface area contributed by atoms with Crippen LogP contribution in [0.1, 0.15) is 50.8 Å². The van der Waals surface area contributed by atoms with Gasteiger partial charge in [-0.05, 0) is 57.7 Å². The summed E-state index contributed by atoms with van der Waals surface area (Å²) in [6, 6.07) is 4.31. The van der Waals surface area contributed by atoms with E-state index in [0.29, 0.717) is 12.1 Å². The number of carbonyl (C=O) groups excluding carboxylic acids is 1. The lowest BCUT2D eigenvalue weighted by Gasteiger charge is -2.34. The Morgan fingerprint density at radius 2 is 2.18 bits per heavy atom. The lowest BCUT2D eigenvalue weighted by atomic mass is 9.97. The number of halogens is 1. The summed E-state index contributed by atoms with van der Waals surface area (Å²) in [5, 5.41) is 13.1. The van der Waals surface area contributed by atoms with Crippen LogP contribution in [0.25, 0.3) is 0 Å². The number of carbonyl (C=O) groups is 1. The fourth-order valence-corrected chi connectivity index (χ4v) is 2.97. The number of hydrogen-bond donors (Lipinski definition) is 2. The normalized spacial score (nSPS) is 20.1. The van der Waals surface area contributed by atoms with Gasteiger partial charge in [-0.25, -0.2) is 9.18 Å². The number of rotatable bonds is 3. The summed E-state index contributed by atoms with van der Waals surface area (Å²) in [7, 11) is 0. The maximum absolute atomic E-state index is 13.6. The molecule has 5 heteroatoms. The third-order valence-electron chi connectivity index (χ3n) is 4.37. The van der Waals surface area contributed by atoms with Gasteiger partial charge in [-0.3, -0.25) is 0 Å². The zero-order chi connectivity index (χ0) is 16.5. The van der Waals surface area contributed by atoms with Crippen LogP contribution in [0.15, 0.2) is 18.2 Å². The number of likely N-dealkylation sites (tertiary alicyclic amines) is 1. The number of nitrogens with zero attached hydrogens (tertiary/aromatic N) is 1. The lowest BCUT2D eigenvalue weighted by Crippen LogP contribution is -2.51. The van der Waals surface area contributed by atoms with Crippen LogP contribution in [-0.2, 0) is 0 Å². The highest BCUT2D eigenvalue weighted by Gasteiger charge is 2.38. The summed E-state index contributed by atoms with van der Waals surface area (Å²) in [6.07, 6.45) is 1.68. The molecule has 122 valence electrons. The van der Waals surface area contributed by atoms with Crippen LogP contribution in [0.3, 0.4) is 0 Å². The molecule has 0 saturated carbocycles. The topological polar surface area (TPSA) is 52.6 Å². The van der Waals surface area contributed by atoms with Crippen molar-refractivity contribution in [2.45, 2.75) is 58.2 Å². The van der Waals surface area contributed by atoms with Gasteiger partial charge in [0.05, 0.1) is 17.7 Å². The third kappa shape index (κ3) is 3.58. The van der Waals surface area contributed by atoms with Crippen LogP contribution < -0.4 is 5.32 Å². The van der Waals surface area contributed by atoms with Gasteiger partial charge < -0.3 is 15.3 Å². The molecule has 1 aromatic rings. The zero-order valence-electron chi connectivity index (χ0n) is 13.7. The first-order valence-corrected chi connectivity index (χ1v) is 7.75. The minimum Gasteiger partial charge on any atom is -0.388 e. The molecule has 1 saturated heterocycles. The van der Waals surface area contributed by atoms with Gasteiger partial charge >= 0.3 is 6.03 Å². The van der Waals surface area contributed by atoms with Gasteiger partial charge in [0, 0.05) is 6.54 Å². The van der Waals surface area contributed by atoms with Gasteiger partial charge in [0.2, 0.25) is 0 Å². The highest BCUT2D eigenvalue weighted by Crippen LogP contribution is 2.27. The van der Waals surface area contributed by atoms with Crippen molar-refractivity contribution in [3.8, 4) is 0 Å². The third-order valence-corrected chi connectivity index (χ3v) is 4.37. The molecule has 1 fully saturated rings. The zero-order valence-corrected chi connectivity index (χ0v) is 13.7. The molecule has 22 heavy (non-hydrogen) atoms. The summed E-state index contributed by atoms with van der Waals surface area (Å²) in [5.74, 6) is -0.269. The molecule has 0 unspecified atom stereocenters. The van der Waals surface area contributed by atoms with E-state index in [-0.39, 0.29) is 23.9 Å². The Bertz CT molecular complexity index is 554. The van der Waals surface area contributed by atoms with Crippen molar-refractivity contribution in [1.29, 1.82) is 0 Å². The van der Waals surface area contributed by atoms with Crippen LogP contribution in [0.4, 0.5) is 9.18 Å². The van der Waals surface area contributed by atoms with E-state index in [2.05, 4.69) is 5.32 Å². The molecule has 1 heterocycles. The molecule has 1 aliphatic heterocycles. The van der Waals surface area contributed by atoms with E-state index in [9.17, 15) is 14.3 Å². The smallest absolute Gasteiger partial charge is 0.318 e. The van der Waals surface area contributed by atoms with E-state index in [4.69, 9.17) is 0 Å². The minimum atomic E-state index is -0.924. The largest absolute Gasteiger partial charge is 0.388 e. The predicted octanol–water partition coefficient (Wildman–Crippen LogP) is 3.14. The van der Waals surface area contributed by atoms with E-state index in [1.807, 2.05) is 13.0 Å². The number of nitrogens with one attached hydrogen (secondary N) is 1. The maximum Gasteiger partial charge on any atom is 0.318 e. The van der Waals surface area contributed by atoms with Crippen molar-refractivity contribution in [3.05, 3.63) is 35.1 Å². The molecular formula is C17H25FN2O2. The Morgan fingerprint density at radius 1 is 1.50 bits per heavy atom. The van der Waals surface area contributed by atoms with Gasteiger partial charge in [0.15, 0.2) is 0 Å². The molecule has 0 aliphatic carbocycles. The van der Waals surface area contributed by atoms with Gasteiger partial charge in [-0.2, -0.15) is 0 Å². The molecule has 2 atom stereocenters. The molecule has 4 nitrogen and oxygen atoms in total. The summed E-state index contributed by atoms with van der Waals surface area (Å²) < 4.78 is 13.6. The summed E-state index contributed by atoms with van der Waals surface area (Å²) in [6.45, 7) is 7.62. The number of benzene rings is 1. The number of amides is 2. The second kappa shape index (κ2) is 6.24. The lowest BCUT2D eigenvalue weighted by molar-refractivity contribution is 0.00951. The second-order valence-electron chi connectivity index (χ2n) is 6.68. The number of aliphatic hydroxyl groups is 1. The van der Waals surface area contributed by atoms with E-state index in [1.54, 1.807) is 31.7 Å². The van der Waals surface area contributed by atoms with Crippen LogP contribution >= 0.6 is 0 Å². The average Bonchev–Trinajstić information content (AvgIpc) is 2.91. The van der Waals surface area contributed by atoms with Gasteiger partial charge in [0.25, 0.3) is 0 Å². The molecule has 2 amide bonds. The Labute approximate surface area is 131 Å². The quantitative estimate of drug-likeness (QED) is 0.901. The molecule has 0 bridgehead atoms. The first-order chi connectivity index (χ1) is 10.2. The fraction of sp³-hybridized carbons (Fsp3) is 0.588. The highest BCUT2D eigenvalue weighted by atomic mass is 19.1. The molecule has 0 radical (unpaired) electrons. The number of hydrogen-bond acceptors (Lipinski definition) is 2. The first-order valence-electron chi connectivity index (χ1n) is 7.75. The Kier molecular flexibility index (Phi) is 4.75. The first kappa shape index (κ1) is 16.7. The predicted molar refractivity (Wildman–Crippen MR) is 84.1 cm³/mol. The summed E-state index contributed by atoms with van der Waals surface area (Å²) >= 11 is 0. The molecule has 2 N–H and O–H groups in total. The van der Waals surface area contributed by atoms with Crippen molar-refractivity contribution in [2.24, 2.45) is 0 Å². The standard InChI is InChI=1S/C17H25FN2O2/c1-11-7-8-13(10-14(11)18)12(2)19-16(21)20-9-5-6-15(20)17(3,4)22/h7-8,10,12,15,22H,5-6,9H2,1-4H3,(H,19,21)/t12-,15+/m1/s1. The average molecular weight is 308 g/mol. The molecule has 1 aliphatic rings. The monoisotopic (exact) mass is 308 g/mol. The minimum absolute atomic E-state index is 0.186. The van der Waals surface area contributed by atoms with E-state index >= 15 is 0 Å². The van der Waals surface area contributed by atoms with Gasteiger partial charge in [-0.15, -0.1) is 0 Å². The molecule has 2 rings (SSSR count). The molecular weight excluding hydrogens is 283 g/mol. The van der Waals surface area contributed by atoms with Crippen molar-refractivity contribution in [1.82, 2.24) is 10.2 Å². The van der Waals surface area contributed by atoms with E-state index in [1.165, 1.54) is 6.07 Å². The molecule has 0 spiro atoms. The van der Waals surface area contributed by atoms with E-state index < -0.39 is 5.60 Å². The molecule has 1 aromatic carbocycles. The Balaban J connectivity index is 2.06. The summed E-state index contributed by atoms with van der Waals surface area (Å²) in [5.41, 5.74) is 0.395.